The summed E-state index contributed by atoms with van der Waals surface area (Å²) in [5.74, 6) is -1.53. The maximum Gasteiger partial charge on any atom is 0.416 e. The number of amides is 3. The highest BCUT2D eigenvalue weighted by molar-refractivity contribution is 6.35. The summed E-state index contributed by atoms with van der Waals surface area (Å²) in [5, 5.41) is 2.53. The molecule has 148 valence electrons. The van der Waals surface area contributed by atoms with E-state index in [0.717, 1.165) is 12.1 Å². The number of carbonyl (C=O) groups excluding carboxylic acids is 3. The van der Waals surface area contributed by atoms with Crippen LogP contribution in [0.5, 0.6) is 0 Å². The van der Waals surface area contributed by atoms with Crippen LogP contribution in [0.3, 0.4) is 0 Å². The lowest BCUT2D eigenvalue weighted by Gasteiger charge is -2.34. The predicted molar refractivity (Wildman–Crippen MR) is 91.6 cm³/mol. The fourth-order valence-corrected chi connectivity index (χ4v) is 2.72. The van der Waals surface area contributed by atoms with E-state index in [1.54, 1.807) is 18.7 Å². The van der Waals surface area contributed by atoms with E-state index in [2.05, 4.69) is 5.32 Å². The van der Waals surface area contributed by atoms with E-state index in [1.165, 1.54) is 17.0 Å². The molecule has 9 heteroatoms. The first-order valence-electron chi connectivity index (χ1n) is 8.61. The zero-order valence-electron chi connectivity index (χ0n) is 15.2. The minimum atomic E-state index is -4.41. The van der Waals surface area contributed by atoms with Gasteiger partial charge in [0.1, 0.15) is 0 Å². The Kier molecular flexibility index (Phi) is 6.45. The van der Waals surface area contributed by atoms with E-state index in [-0.39, 0.29) is 44.5 Å². The first kappa shape index (κ1) is 20.7. The molecule has 0 aliphatic carbocycles. The van der Waals surface area contributed by atoms with Crippen molar-refractivity contribution in [3.63, 3.8) is 0 Å². The Labute approximate surface area is 155 Å². The summed E-state index contributed by atoms with van der Waals surface area (Å²) in [6.07, 6.45) is -4.42. The van der Waals surface area contributed by atoms with Crippen LogP contribution >= 0.6 is 0 Å². The topological polar surface area (TPSA) is 69.7 Å². The standard InChI is InChI=1S/C18H22F3N3O3/c1-12(2)22-16(26)17(27)24-9-7-23(8-10-24)15(25)11-13-3-5-14(6-4-13)18(19,20)21/h3-6,12H,7-11H2,1-2H3,(H,22,26). The molecule has 0 radical (unpaired) electrons. The van der Waals surface area contributed by atoms with Gasteiger partial charge in [0.15, 0.2) is 0 Å². The molecule has 3 amide bonds. The van der Waals surface area contributed by atoms with Crippen LogP contribution in [-0.2, 0) is 27.0 Å². The SMILES string of the molecule is CC(C)NC(=O)C(=O)N1CCN(C(=O)Cc2ccc(C(F)(F)F)cc2)CC1. The molecule has 0 spiro atoms. The lowest BCUT2D eigenvalue weighted by molar-refractivity contribution is -0.148. The zero-order valence-corrected chi connectivity index (χ0v) is 15.2. The molecular formula is C18H22F3N3O3. The van der Waals surface area contributed by atoms with Gasteiger partial charge >= 0.3 is 18.0 Å². The molecule has 1 aliphatic rings. The van der Waals surface area contributed by atoms with Crippen molar-refractivity contribution in [2.24, 2.45) is 0 Å². The van der Waals surface area contributed by atoms with Crippen molar-refractivity contribution in [2.45, 2.75) is 32.5 Å². The maximum atomic E-state index is 12.6. The summed E-state index contributed by atoms with van der Waals surface area (Å²) >= 11 is 0. The van der Waals surface area contributed by atoms with Crippen LogP contribution in [0.15, 0.2) is 24.3 Å². The lowest BCUT2D eigenvalue weighted by Crippen LogP contribution is -2.54. The van der Waals surface area contributed by atoms with Gasteiger partial charge in [0.05, 0.1) is 12.0 Å². The molecule has 0 aromatic heterocycles. The smallest absolute Gasteiger partial charge is 0.346 e. The summed E-state index contributed by atoms with van der Waals surface area (Å²) < 4.78 is 37.7. The highest BCUT2D eigenvalue weighted by Crippen LogP contribution is 2.29. The van der Waals surface area contributed by atoms with Gasteiger partial charge in [0.25, 0.3) is 0 Å². The van der Waals surface area contributed by atoms with E-state index < -0.39 is 23.6 Å². The van der Waals surface area contributed by atoms with Crippen LogP contribution in [0, 0.1) is 0 Å². The number of piperazine rings is 1. The Morgan fingerprint density at radius 1 is 1.00 bits per heavy atom. The number of hydrogen-bond acceptors (Lipinski definition) is 3. The van der Waals surface area contributed by atoms with Crippen LogP contribution in [0.25, 0.3) is 0 Å². The number of halogens is 3. The monoisotopic (exact) mass is 385 g/mol. The first-order chi connectivity index (χ1) is 12.6. The molecule has 0 unspecified atom stereocenters. The third-order valence-corrected chi connectivity index (χ3v) is 4.17. The van der Waals surface area contributed by atoms with Crippen molar-refractivity contribution in [1.29, 1.82) is 0 Å². The van der Waals surface area contributed by atoms with Crippen LogP contribution in [0.2, 0.25) is 0 Å². The minimum absolute atomic E-state index is 0.0140. The average Bonchev–Trinajstić information content (AvgIpc) is 2.60. The second-order valence-corrected chi connectivity index (χ2v) is 6.67. The Hall–Kier alpha value is -2.58. The van der Waals surface area contributed by atoms with Crippen molar-refractivity contribution in [3.8, 4) is 0 Å². The molecule has 6 nitrogen and oxygen atoms in total. The first-order valence-corrected chi connectivity index (χ1v) is 8.61. The number of rotatable bonds is 3. The molecule has 1 fully saturated rings. The molecular weight excluding hydrogens is 363 g/mol. The Balaban J connectivity index is 1.86. The molecule has 0 saturated carbocycles. The third kappa shape index (κ3) is 5.70. The highest BCUT2D eigenvalue weighted by Gasteiger charge is 2.30. The van der Waals surface area contributed by atoms with Crippen LogP contribution in [0.1, 0.15) is 25.0 Å². The van der Waals surface area contributed by atoms with Crippen LogP contribution in [0.4, 0.5) is 13.2 Å². The van der Waals surface area contributed by atoms with Crippen molar-refractivity contribution < 1.29 is 27.6 Å². The van der Waals surface area contributed by atoms with Gasteiger partial charge in [-0.15, -0.1) is 0 Å². The molecule has 1 heterocycles. The van der Waals surface area contributed by atoms with Gasteiger partial charge in [0.2, 0.25) is 5.91 Å². The van der Waals surface area contributed by atoms with Gasteiger partial charge in [-0.1, -0.05) is 12.1 Å². The van der Waals surface area contributed by atoms with Gasteiger partial charge in [-0.25, -0.2) is 0 Å². The van der Waals surface area contributed by atoms with Crippen LogP contribution < -0.4 is 5.32 Å². The molecule has 0 bridgehead atoms. The Morgan fingerprint density at radius 2 is 1.52 bits per heavy atom. The normalized spacial score (nSPS) is 15.0. The number of nitrogens with one attached hydrogen (secondary N) is 1. The molecule has 0 atom stereocenters. The average molecular weight is 385 g/mol. The summed E-state index contributed by atoms with van der Waals surface area (Å²) in [4.78, 5) is 39.0. The highest BCUT2D eigenvalue weighted by atomic mass is 19.4. The molecule has 1 aromatic rings. The number of benzene rings is 1. The molecule has 1 aliphatic heterocycles. The summed E-state index contributed by atoms with van der Waals surface area (Å²) in [5.41, 5.74) is -0.270. The number of hydrogen-bond donors (Lipinski definition) is 1. The van der Waals surface area contributed by atoms with Gasteiger partial charge in [-0.2, -0.15) is 13.2 Å². The minimum Gasteiger partial charge on any atom is -0.346 e. The molecule has 2 rings (SSSR count). The predicted octanol–water partition coefficient (Wildman–Crippen LogP) is 1.44. The van der Waals surface area contributed by atoms with Crippen molar-refractivity contribution >= 4 is 17.7 Å². The molecule has 1 N–H and O–H groups in total. The molecule has 1 saturated heterocycles. The van der Waals surface area contributed by atoms with Gasteiger partial charge in [-0.05, 0) is 31.5 Å². The molecule has 1 aromatic carbocycles. The number of carbonyl (C=O) groups is 3. The Morgan fingerprint density at radius 3 is 2.00 bits per heavy atom. The van der Waals surface area contributed by atoms with Gasteiger partial charge in [-0.3, -0.25) is 14.4 Å². The van der Waals surface area contributed by atoms with E-state index in [4.69, 9.17) is 0 Å². The van der Waals surface area contributed by atoms with E-state index in [1.807, 2.05) is 0 Å². The van der Waals surface area contributed by atoms with E-state index in [0.29, 0.717) is 5.56 Å². The molecule has 27 heavy (non-hydrogen) atoms. The summed E-state index contributed by atoms with van der Waals surface area (Å²) in [6.45, 7) is 4.54. The largest absolute Gasteiger partial charge is 0.416 e. The maximum absolute atomic E-state index is 12.6. The quantitative estimate of drug-likeness (QED) is 0.801. The van der Waals surface area contributed by atoms with E-state index in [9.17, 15) is 27.6 Å². The Bertz CT molecular complexity index is 694. The fourth-order valence-electron chi connectivity index (χ4n) is 2.72. The van der Waals surface area contributed by atoms with Crippen molar-refractivity contribution in [2.75, 3.05) is 26.2 Å². The number of nitrogens with zero attached hydrogens (tertiary/aromatic N) is 2. The van der Waals surface area contributed by atoms with Gasteiger partial charge < -0.3 is 15.1 Å². The second-order valence-electron chi connectivity index (χ2n) is 6.67. The third-order valence-electron chi connectivity index (χ3n) is 4.17. The van der Waals surface area contributed by atoms with Crippen LogP contribution in [-0.4, -0.2) is 59.7 Å². The van der Waals surface area contributed by atoms with Crippen molar-refractivity contribution in [3.05, 3.63) is 35.4 Å². The summed E-state index contributed by atoms with van der Waals surface area (Å²) in [6, 6.07) is 4.33. The van der Waals surface area contributed by atoms with E-state index >= 15 is 0 Å². The summed E-state index contributed by atoms with van der Waals surface area (Å²) in [7, 11) is 0. The van der Waals surface area contributed by atoms with Gasteiger partial charge in [0, 0.05) is 32.2 Å². The second kappa shape index (κ2) is 8.41. The fraction of sp³-hybridized carbons (Fsp3) is 0.500. The van der Waals surface area contributed by atoms with Crippen molar-refractivity contribution in [1.82, 2.24) is 15.1 Å². The lowest BCUT2D eigenvalue weighted by atomic mass is 10.1. The zero-order chi connectivity index (χ0) is 20.2. The number of alkyl halides is 3.